The van der Waals surface area contributed by atoms with E-state index in [0.29, 0.717) is 28.2 Å². The molecule has 0 spiro atoms. The van der Waals surface area contributed by atoms with Crippen LogP contribution in [-0.4, -0.2) is 24.1 Å². The topological polar surface area (TPSA) is 54.3 Å². The third-order valence-corrected chi connectivity index (χ3v) is 4.78. The number of rotatable bonds is 4. The fourth-order valence-corrected chi connectivity index (χ4v) is 3.45. The highest BCUT2D eigenvalue weighted by molar-refractivity contribution is 6.37. The van der Waals surface area contributed by atoms with Crippen LogP contribution in [0.15, 0.2) is 53.3 Å². The second-order valence-corrected chi connectivity index (χ2v) is 6.29. The number of aromatic nitrogens is 1. The highest BCUT2D eigenvalue weighted by atomic mass is 35.5. The first-order valence-corrected chi connectivity index (χ1v) is 8.74. The van der Waals surface area contributed by atoms with Gasteiger partial charge in [-0.2, -0.15) is 0 Å². The average Bonchev–Trinajstić information content (AvgIpc) is 2.66. The minimum absolute atomic E-state index is 0.0845. The molecular formula is C20H20ClN3O2. The van der Waals surface area contributed by atoms with Gasteiger partial charge in [-0.3, -0.25) is 9.59 Å². The van der Waals surface area contributed by atoms with E-state index >= 15 is 0 Å². The van der Waals surface area contributed by atoms with Crippen LogP contribution in [0.2, 0.25) is 5.02 Å². The normalized spacial score (nSPS) is 10.8. The standard InChI is InChI=1S/C20H20ClN3O2/c1-4-24(13-9-6-5-7-10-13)20(26)17-18(22-2)16-14(21)11-8-12-15(16)23(3)19(17)25/h5-12,22H,4H2,1-3H3. The van der Waals surface area contributed by atoms with E-state index in [1.165, 1.54) is 4.57 Å². The third-order valence-electron chi connectivity index (χ3n) is 4.46. The van der Waals surface area contributed by atoms with Crippen LogP contribution in [0, 0.1) is 0 Å². The smallest absolute Gasteiger partial charge is 0.266 e. The van der Waals surface area contributed by atoms with E-state index in [4.69, 9.17) is 11.6 Å². The molecule has 5 nitrogen and oxygen atoms in total. The number of carbonyl (C=O) groups is 1. The SMILES string of the molecule is CCN(C(=O)c1c(NC)c2c(Cl)cccc2n(C)c1=O)c1ccccc1. The highest BCUT2D eigenvalue weighted by Gasteiger charge is 2.26. The maximum absolute atomic E-state index is 13.3. The molecule has 6 heteroatoms. The van der Waals surface area contributed by atoms with Crippen LogP contribution in [0.25, 0.3) is 10.9 Å². The summed E-state index contributed by atoms with van der Waals surface area (Å²) < 4.78 is 1.47. The van der Waals surface area contributed by atoms with Gasteiger partial charge in [0.2, 0.25) is 0 Å². The van der Waals surface area contributed by atoms with E-state index in [0.717, 1.165) is 5.69 Å². The average molecular weight is 370 g/mol. The first-order valence-electron chi connectivity index (χ1n) is 8.37. The van der Waals surface area contributed by atoms with Crippen molar-refractivity contribution >= 4 is 39.8 Å². The molecule has 3 rings (SSSR count). The lowest BCUT2D eigenvalue weighted by Crippen LogP contribution is -2.37. The Bertz CT molecular complexity index is 1030. The summed E-state index contributed by atoms with van der Waals surface area (Å²) in [6, 6.07) is 14.6. The molecule has 0 saturated carbocycles. The molecule has 0 aliphatic heterocycles. The number of anilines is 2. The fourth-order valence-electron chi connectivity index (χ4n) is 3.18. The van der Waals surface area contributed by atoms with Gasteiger partial charge >= 0.3 is 0 Å². The zero-order valence-electron chi connectivity index (χ0n) is 14.9. The van der Waals surface area contributed by atoms with Crippen LogP contribution < -0.4 is 15.8 Å². The predicted octanol–water partition coefficient (Wildman–Crippen LogP) is 3.90. The van der Waals surface area contributed by atoms with Gasteiger partial charge in [-0.05, 0) is 31.2 Å². The second kappa shape index (κ2) is 7.22. The van der Waals surface area contributed by atoms with Crippen LogP contribution >= 0.6 is 11.6 Å². The number of fused-ring (bicyclic) bond motifs is 1. The molecule has 2 aromatic carbocycles. The van der Waals surface area contributed by atoms with Crippen LogP contribution in [0.1, 0.15) is 17.3 Å². The lowest BCUT2D eigenvalue weighted by Gasteiger charge is -2.23. The van der Waals surface area contributed by atoms with Crippen molar-refractivity contribution in [3.05, 3.63) is 69.5 Å². The number of nitrogens with zero attached hydrogens (tertiary/aromatic N) is 2. The van der Waals surface area contributed by atoms with Crippen LogP contribution in [0.5, 0.6) is 0 Å². The number of hydrogen-bond acceptors (Lipinski definition) is 3. The summed E-state index contributed by atoms with van der Waals surface area (Å²) in [7, 11) is 3.34. The van der Waals surface area contributed by atoms with E-state index in [1.54, 1.807) is 31.1 Å². The van der Waals surface area contributed by atoms with E-state index in [2.05, 4.69) is 5.32 Å². The maximum Gasteiger partial charge on any atom is 0.266 e. The number of para-hydroxylation sites is 1. The zero-order chi connectivity index (χ0) is 18.8. The minimum Gasteiger partial charge on any atom is -0.387 e. The van der Waals surface area contributed by atoms with Crippen LogP contribution in [0.4, 0.5) is 11.4 Å². The van der Waals surface area contributed by atoms with E-state index in [1.807, 2.05) is 43.3 Å². The summed E-state index contributed by atoms with van der Waals surface area (Å²) in [5, 5.41) is 4.16. The predicted molar refractivity (Wildman–Crippen MR) is 108 cm³/mol. The second-order valence-electron chi connectivity index (χ2n) is 5.88. The Morgan fingerprint density at radius 1 is 1.15 bits per heavy atom. The van der Waals surface area contributed by atoms with Gasteiger partial charge in [0.25, 0.3) is 11.5 Å². The molecule has 0 aliphatic carbocycles. The molecule has 134 valence electrons. The summed E-state index contributed by atoms with van der Waals surface area (Å²) in [6.07, 6.45) is 0. The van der Waals surface area contributed by atoms with Gasteiger partial charge < -0.3 is 14.8 Å². The van der Waals surface area contributed by atoms with Crippen molar-refractivity contribution in [3.63, 3.8) is 0 Å². The Balaban J connectivity index is 2.31. The van der Waals surface area contributed by atoms with Gasteiger partial charge in [-0.15, -0.1) is 0 Å². The number of aryl methyl sites for hydroxylation is 1. The Morgan fingerprint density at radius 3 is 2.46 bits per heavy atom. The molecule has 3 aromatic rings. The monoisotopic (exact) mass is 369 g/mol. The molecular weight excluding hydrogens is 350 g/mol. The molecule has 0 bridgehead atoms. The Hall–Kier alpha value is -2.79. The fraction of sp³-hybridized carbons (Fsp3) is 0.200. The Kier molecular flexibility index (Phi) is 5.00. The molecule has 0 saturated heterocycles. The van der Waals surface area contributed by atoms with Gasteiger partial charge in [-0.1, -0.05) is 35.9 Å². The number of nitrogens with one attached hydrogen (secondary N) is 1. The molecule has 1 amide bonds. The minimum atomic E-state index is -0.358. The summed E-state index contributed by atoms with van der Waals surface area (Å²) >= 11 is 6.39. The van der Waals surface area contributed by atoms with Gasteiger partial charge in [-0.25, -0.2) is 0 Å². The van der Waals surface area contributed by atoms with E-state index < -0.39 is 0 Å². The molecule has 0 fully saturated rings. The molecule has 1 aromatic heterocycles. The molecule has 26 heavy (non-hydrogen) atoms. The summed E-state index contributed by atoms with van der Waals surface area (Å²) in [4.78, 5) is 27.9. The molecule has 1 N–H and O–H groups in total. The van der Waals surface area contributed by atoms with E-state index in [-0.39, 0.29) is 17.0 Å². The van der Waals surface area contributed by atoms with Gasteiger partial charge in [0.1, 0.15) is 5.56 Å². The molecule has 0 aliphatic rings. The maximum atomic E-state index is 13.3. The number of pyridine rings is 1. The Labute approximate surface area is 156 Å². The van der Waals surface area contributed by atoms with Crippen molar-refractivity contribution in [2.45, 2.75) is 6.92 Å². The summed E-state index contributed by atoms with van der Waals surface area (Å²) in [5.41, 5.74) is 1.59. The number of benzene rings is 2. The van der Waals surface area contributed by atoms with Crippen LogP contribution in [0.3, 0.4) is 0 Å². The van der Waals surface area contributed by atoms with Crippen molar-refractivity contribution in [2.24, 2.45) is 7.05 Å². The lowest BCUT2D eigenvalue weighted by molar-refractivity contribution is 0.0987. The first-order chi connectivity index (χ1) is 12.5. The van der Waals surface area contributed by atoms with Crippen molar-refractivity contribution in [2.75, 3.05) is 23.8 Å². The molecule has 1 heterocycles. The first kappa shape index (κ1) is 18.0. The zero-order valence-corrected chi connectivity index (χ0v) is 15.7. The Morgan fingerprint density at radius 2 is 1.85 bits per heavy atom. The number of hydrogen-bond donors (Lipinski definition) is 1. The number of amides is 1. The van der Waals surface area contributed by atoms with Crippen molar-refractivity contribution < 1.29 is 4.79 Å². The third kappa shape index (κ3) is 2.84. The lowest BCUT2D eigenvalue weighted by atomic mass is 10.1. The van der Waals surface area contributed by atoms with Crippen molar-refractivity contribution in [1.29, 1.82) is 0 Å². The highest BCUT2D eigenvalue weighted by Crippen LogP contribution is 2.32. The molecule has 0 unspecified atom stereocenters. The largest absolute Gasteiger partial charge is 0.387 e. The summed E-state index contributed by atoms with van der Waals surface area (Å²) in [6.45, 7) is 2.32. The quantitative estimate of drug-likeness (QED) is 0.758. The van der Waals surface area contributed by atoms with Gasteiger partial charge in [0.05, 0.1) is 16.2 Å². The van der Waals surface area contributed by atoms with Gasteiger partial charge in [0.15, 0.2) is 0 Å². The number of carbonyl (C=O) groups excluding carboxylic acids is 1. The van der Waals surface area contributed by atoms with Gasteiger partial charge in [0, 0.05) is 31.7 Å². The van der Waals surface area contributed by atoms with E-state index in [9.17, 15) is 9.59 Å². The number of halogens is 1. The molecule has 0 radical (unpaired) electrons. The van der Waals surface area contributed by atoms with Crippen molar-refractivity contribution in [1.82, 2.24) is 4.57 Å². The molecule has 0 atom stereocenters. The van der Waals surface area contributed by atoms with Crippen LogP contribution in [-0.2, 0) is 7.05 Å². The summed E-state index contributed by atoms with van der Waals surface area (Å²) in [5.74, 6) is -0.356. The van der Waals surface area contributed by atoms with Crippen molar-refractivity contribution in [3.8, 4) is 0 Å².